The first kappa shape index (κ1) is 9.48. The summed E-state index contributed by atoms with van der Waals surface area (Å²) in [6.45, 7) is 2.37. The molecule has 3 atom stereocenters. The van der Waals surface area contributed by atoms with Gasteiger partial charge in [-0.3, -0.25) is 9.69 Å². The van der Waals surface area contributed by atoms with E-state index in [0.717, 1.165) is 0 Å². The Morgan fingerprint density at radius 3 is 2.58 bits per heavy atom. The number of carboxylic acid groups (broad SMARTS) is 1. The number of likely N-dealkylation sites (N-methyl/N-ethyl adjacent to an activating group) is 1. The van der Waals surface area contributed by atoms with Gasteiger partial charge in [0.15, 0.2) is 0 Å². The quantitative estimate of drug-likeness (QED) is 0.605. The van der Waals surface area contributed by atoms with E-state index in [9.17, 15) is 9.90 Å². The van der Waals surface area contributed by atoms with Gasteiger partial charge in [0.05, 0.1) is 6.10 Å². The molecule has 0 aliphatic carbocycles. The largest absolute Gasteiger partial charge is 0.480 e. The number of hydrogen-bond acceptors (Lipinski definition) is 3. The highest BCUT2D eigenvalue weighted by Gasteiger charge is 2.42. The Bertz CT molecular complexity index is 183. The Balaban J connectivity index is 2.75. The van der Waals surface area contributed by atoms with E-state index >= 15 is 0 Å². The van der Waals surface area contributed by atoms with Gasteiger partial charge in [0.2, 0.25) is 0 Å². The van der Waals surface area contributed by atoms with Crippen molar-refractivity contribution in [3.63, 3.8) is 0 Å². The van der Waals surface area contributed by atoms with Gasteiger partial charge in [-0.25, -0.2) is 0 Å². The second-order valence-corrected chi connectivity index (χ2v) is 3.36. The molecule has 1 saturated heterocycles. The first-order valence-corrected chi connectivity index (χ1v) is 4.19. The Labute approximate surface area is 71.8 Å². The zero-order valence-corrected chi connectivity index (χ0v) is 7.40. The number of hydrogen-bond donors (Lipinski definition) is 2. The normalized spacial score (nSPS) is 37.1. The van der Waals surface area contributed by atoms with E-state index in [0.29, 0.717) is 13.0 Å². The van der Waals surface area contributed by atoms with Crippen molar-refractivity contribution >= 4 is 5.97 Å². The molecule has 1 aliphatic rings. The van der Waals surface area contributed by atoms with Crippen LogP contribution >= 0.6 is 0 Å². The lowest BCUT2D eigenvalue weighted by molar-refractivity contribution is -0.143. The first-order valence-electron chi connectivity index (χ1n) is 4.19. The highest BCUT2D eigenvalue weighted by atomic mass is 16.4. The molecule has 4 nitrogen and oxygen atoms in total. The van der Waals surface area contributed by atoms with Crippen LogP contribution in [0.3, 0.4) is 0 Å². The molecule has 12 heavy (non-hydrogen) atoms. The van der Waals surface area contributed by atoms with E-state index < -0.39 is 18.1 Å². The molecule has 0 aromatic rings. The van der Waals surface area contributed by atoms with Crippen LogP contribution in [0.1, 0.15) is 13.3 Å². The van der Waals surface area contributed by atoms with Crippen LogP contribution in [0.4, 0.5) is 0 Å². The van der Waals surface area contributed by atoms with Crippen LogP contribution < -0.4 is 0 Å². The van der Waals surface area contributed by atoms with Crippen molar-refractivity contribution in [2.24, 2.45) is 5.92 Å². The fourth-order valence-electron chi connectivity index (χ4n) is 1.95. The zero-order valence-electron chi connectivity index (χ0n) is 7.40. The van der Waals surface area contributed by atoms with Crippen molar-refractivity contribution in [3.8, 4) is 0 Å². The highest BCUT2D eigenvalue weighted by Crippen LogP contribution is 2.26. The number of rotatable bonds is 2. The molecule has 0 spiro atoms. The van der Waals surface area contributed by atoms with Crippen molar-refractivity contribution in [1.82, 2.24) is 4.90 Å². The number of aliphatic hydroxyl groups is 1. The van der Waals surface area contributed by atoms with E-state index in [-0.39, 0.29) is 5.92 Å². The van der Waals surface area contributed by atoms with E-state index in [1.807, 2.05) is 6.92 Å². The third-order valence-corrected chi connectivity index (χ3v) is 2.57. The molecule has 0 bridgehead atoms. The number of aliphatic carboxylic acids is 1. The van der Waals surface area contributed by atoms with Gasteiger partial charge in [0, 0.05) is 12.5 Å². The minimum atomic E-state index is -0.832. The predicted molar refractivity (Wildman–Crippen MR) is 43.8 cm³/mol. The smallest absolute Gasteiger partial charge is 0.321 e. The number of carbonyl (C=O) groups is 1. The maximum Gasteiger partial charge on any atom is 0.321 e. The highest BCUT2D eigenvalue weighted by molar-refractivity contribution is 5.74. The fraction of sp³-hybridized carbons (Fsp3) is 0.875. The van der Waals surface area contributed by atoms with Gasteiger partial charge < -0.3 is 10.2 Å². The van der Waals surface area contributed by atoms with Crippen LogP contribution in [0, 0.1) is 5.92 Å². The van der Waals surface area contributed by atoms with Crippen molar-refractivity contribution in [2.45, 2.75) is 25.5 Å². The lowest BCUT2D eigenvalue weighted by Gasteiger charge is -2.19. The summed E-state index contributed by atoms with van der Waals surface area (Å²) in [6, 6.07) is -0.509. The Morgan fingerprint density at radius 1 is 1.67 bits per heavy atom. The lowest BCUT2D eigenvalue weighted by Crippen LogP contribution is -2.37. The molecule has 0 aromatic carbocycles. The molecule has 70 valence electrons. The Morgan fingerprint density at radius 2 is 2.25 bits per heavy atom. The molecule has 0 unspecified atom stereocenters. The molecule has 1 fully saturated rings. The van der Waals surface area contributed by atoms with Crippen molar-refractivity contribution < 1.29 is 15.0 Å². The molecule has 2 N–H and O–H groups in total. The topological polar surface area (TPSA) is 60.8 Å². The number of nitrogens with zero attached hydrogens (tertiary/aromatic N) is 1. The van der Waals surface area contributed by atoms with Gasteiger partial charge in [0.1, 0.15) is 6.04 Å². The third-order valence-electron chi connectivity index (χ3n) is 2.57. The fourth-order valence-corrected chi connectivity index (χ4v) is 1.95. The minimum Gasteiger partial charge on any atom is -0.480 e. The summed E-state index contributed by atoms with van der Waals surface area (Å²) in [4.78, 5) is 12.5. The van der Waals surface area contributed by atoms with Crippen molar-refractivity contribution in [3.05, 3.63) is 0 Å². The first-order chi connectivity index (χ1) is 5.57. The van der Waals surface area contributed by atoms with Crippen molar-refractivity contribution in [1.29, 1.82) is 0 Å². The minimum absolute atomic E-state index is 0.118. The SMILES string of the molecule is CC[C@H]1[C@@H](C(=O)O)N(C)C[C@@H]1O. The average molecular weight is 173 g/mol. The van der Waals surface area contributed by atoms with E-state index in [1.54, 1.807) is 11.9 Å². The molecule has 0 amide bonds. The standard InChI is InChI=1S/C8H15NO3/c1-3-5-6(10)4-9(2)7(5)8(11)12/h5-7,10H,3-4H2,1-2H3,(H,11,12)/t5-,6+,7+/m1/s1. The number of carboxylic acids is 1. The summed E-state index contributed by atoms with van der Waals surface area (Å²) in [5, 5.41) is 18.3. The predicted octanol–water partition coefficient (Wildman–Crippen LogP) is -0.228. The number of likely N-dealkylation sites (tertiary alicyclic amines) is 1. The van der Waals surface area contributed by atoms with E-state index in [2.05, 4.69) is 0 Å². The summed E-state index contributed by atoms with van der Waals surface area (Å²) < 4.78 is 0. The lowest BCUT2D eigenvalue weighted by atomic mass is 9.95. The Kier molecular flexibility index (Phi) is 2.69. The molecule has 1 rings (SSSR count). The maximum absolute atomic E-state index is 10.8. The molecule has 0 radical (unpaired) electrons. The zero-order chi connectivity index (χ0) is 9.30. The number of β-amino-alcohol motifs (C(OH)–C–C–N with tert-alkyl or cyclic N) is 1. The molecular formula is C8H15NO3. The van der Waals surface area contributed by atoms with E-state index in [4.69, 9.17) is 5.11 Å². The van der Waals surface area contributed by atoms with Gasteiger partial charge in [-0.15, -0.1) is 0 Å². The summed E-state index contributed by atoms with van der Waals surface area (Å²) >= 11 is 0. The summed E-state index contributed by atoms with van der Waals surface area (Å²) in [7, 11) is 1.73. The molecule has 0 saturated carbocycles. The molecular weight excluding hydrogens is 158 g/mol. The summed E-state index contributed by atoms with van der Waals surface area (Å²) in [6.07, 6.45) is 0.226. The molecule has 0 aromatic heterocycles. The van der Waals surface area contributed by atoms with Gasteiger partial charge in [0.25, 0.3) is 0 Å². The van der Waals surface area contributed by atoms with Gasteiger partial charge in [-0.05, 0) is 13.5 Å². The maximum atomic E-state index is 10.8. The van der Waals surface area contributed by atoms with E-state index in [1.165, 1.54) is 0 Å². The second-order valence-electron chi connectivity index (χ2n) is 3.36. The van der Waals surface area contributed by atoms with Crippen LogP contribution in [0.2, 0.25) is 0 Å². The Hall–Kier alpha value is -0.610. The van der Waals surface area contributed by atoms with Crippen LogP contribution in [0.25, 0.3) is 0 Å². The van der Waals surface area contributed by atoms with Crippen LogP contribution in [-0.4, -0.2) is 46.8 Å². The van der Waals surface area contributed by atoms with Crippen LogP contribution in [-0.2, 0) is 4.79 Å². The molecule has 4 heteroatoms. The third kappa shape index (κ3) is 1.44. The second kappa shape index (κ2) is 3.41. The molecule has 1 heterocycles. The molecule has 1 aliphatic heterocycles. The average Bonchev–Trinajstić information content (AvgIpc) is 2.24. The summed E-state index contributed by atoms with van der Waals surface area (Å²) in [5.74, 6) is -0.951. The van der Waals surface area contributed by atoms with Crippen LogP contribution in [0.5, 0.6) is 0 Å². The number of aliphatic hydroxyl groups excluding tert-OH is 1. The van der Waals surface area contributed by atoms with Gasteiger partial charge >= 0.3 is 5.97 Å². The van der Waals surface area contributed by atoms with Crippen molar-refractivity contribution in [2.75, 3.05) is 13.6 Å². The van der Waals surface area contributed by atoms with Gasteiger partial charge in [-0.2, -0.15) is 0 Å². The summed E-state index contributed by atoms with van der Waals surface area (Å²) in [5.41, 5.74) is 0. The monoisotopic (exact) mass is 173 g/mol. The van der Waals surface area contributed by atoms with Crippen LogP contribution in [0.15, 0.2) is 0 Å². The van der Waals surface area contributed by atoms with Gasteiger partial charge in [-0.1, -0.05) is 6.92 Å².